The van der Waals surface area contributed by atoms with Crippen LogP contribution in [0.4, 0.5) is 11.4 Å². The molecule has 0 bridgehead atoms. The van der Waals surface area contributed by atoms with Gasteiger partial charge in [0.25, 0.3) is 0 Å². The normalized spacial score (nSPS) is 10.2. The molecule has 0 radical (unpaired) electrons. The fourth-order valence-corrected chi connectivity index (χ4v) is 1.82. The Morgan fingerprint density at radius 2 is 1.82 bits per heavy atom. The van der Waals surface area contributed by atoms with Crippen LogP contribution in [-0.2, 0) is 0 Å². The number of nitro benzene ring substituents is 1. The number of hydrogen-bond acceptors (Lipinski definition) is 5. The van der Waals surface area contributed by atoms with E-state index in [4.69, 9.17) is 15.2 Å². The Kier molecular flexibility index (Phi) is 5.19. The highest BCUT2D eigenvalue weighted by molar-refractivity contribution is 5.52. The number of nitrogen functional groups attached to an aromatic ring is 1. The Labute approximate surface area is 128 Å². The predicted octanol–water partition coefficient (Wildman–Crippen LogP) is 4.15. The maximum atomic E-state index is 11.0. The molecule has 0 fully saturated rings. The summed E-state index contributed by atoms with van der Waals surface area (Å²) in [5, 5.41) is 11.0. The zero-order valence-electron chi connectivity index (χ0n) is 12.3. The Bertz CT molecular complexity index is 641. The van der Waals surface area contributed by atoms with Gasteiger partial charge < -0.3 is 15.2 Å². The van der Waals surface area contributed by atoms with E-state index in [-0.39, 0.29) is 11.4 Å². The van der Waals surface area contributed by atoms with E-state index in [1.165, 1.54) is 12.1 Å². The summed E-state index contributed by atoms with van der Waals surface area (Å²) >= 11 is 0. The van der Waals surface area contributed by atoms with Gasteiger partial charge in [-0.15, -0.1) is 0 Å². The van der Waals surface area contributed by atoms with Crippen LogP contribution in [0.3, 0.4) is 0 Å². The van der Waals surface area contributed by atoms with Crippen molar-refractivity contribution >= 4 is 11.4 Å². The fraction of sp³-hybridized carbons (Fsp3) is 0.250. The summed E-state index contributed by atoms with van der Waals surface area (Å²) in [6.07, 6.45) is 1.79. The number of hydrogen-bond donors (Lipinski definition) is 1. The SMILES string of the molecule is CCCCOc1cc(Oc2ccc(N)cc2)ccc1[N+](=O)[O-]. The van der Waals surface area contributed by atoms with Crippen LogP contribution >= 0.6 is 0 Å². The number of anilines is 1. The minimum absolute atomic E-state index is 0.0687. The second-order valence-electron chi connectivity index (χ2n) is 4.76. The van der Waals surface area contributed by atoms with E-state index in [0.717, 1.165) is 12.8 Å². The number of benzene rings is 2. The zero-order valence-corrected chi connectivity index (χ0v) is 12.3. The van der Waals surface area contributed by atoms with E-state index in [2.05, 4.69) is 0 Å². The second-order valence-corrected chi connectivity index (χ2v) is 4.76. The summed E-state index contributed by atoms with van der Waals surface area (Å²) in [6, 6.07) is 11.4. The average Bonchev–Trinajstić information content (AvgIpc) is 2.50. The molecule has 2 aromatic carbocycles. The molecule has 0 saturated heterocycles. The Hall–Kier alpha value is -2.76. The molecule has 0 spiro atoms. The van der Waals surface area contributed by atoms with Crippen molar-refractivity contribution < 1.29 is 14.4 Å². The van der Waals surface area contributed by atoms with Gasteiger partial charge in [-0.2, -0.15) is 0 Å². The molecule has 0 atom stereocenters. The maximum Gasteiger partial charge on any atom is 0.311 e. The van der Waals surface area contributed by atoms with Gasteiger partial charge in [-0.05, 0) is 36.8 Å². The lowest BCUT2D eigenvalue weighted by molar-refractivity contribution is -0.385. The molecule has 22 heavy (non-hydrogen) atoms. The van der Waals surface area contributed by atoms with E-state index >= 15 is 0 Å². The van der Waals surface area contributed by atoms with Crippen LogP contribution in [0.15, 0.2) is 42.5 Å². The Morgan fingerprint density at radius 3 is 2.45 bits per heavy atom. The van der Waals surface area contributed by atoms with Gasteiger partial charge in [-0.25, -0.2) is 0 Å². The van der Waals surface area contributed by atoms with E-state index in [1.54, 1.807) is 30.3 Å². The molecular formula is C16H18N2O4. The lowest BCUT2D eigenvalue weighted by Gasteiger charge is -2.10. The topological polar surface area (TPSA) is 87.6 Å². The first-order valence-electron chi connectivity index (χ1n) is 7.04. The third kappa shape index (κ3) is 4.12. The molecule has 0 aliphatic heterocycles. The summed E-state index contributed by atoms with van der Waals surface area (Å²) in [5.41, 5.74) is 6.18. The molecule has 2 N–H and O–H groups in total. The Balaban J connectivity index is 2.19. The molecule has 0 amide bonds. The van der Waals surface area contributed by atoms with E-state index < -0.39 is 4.92 Å². The Morgan fingerprint density at radius 1 is 1.14 bits per heavy atom. The van der Waals surface area contributed by atoms with Gasteiger partial charge in [0.1, 0.15) is 11.5 Å². The largest absolute Gasteiger partial charge is 0.487 e. The molecule has 6 nitrogen and oxygen atoms in total. The van der Waals surface area contributed by atoms with Gasteiger partial charge >= 0.3 is 5.69 Å². The molecular weight excluding hydrogens is 284 g/mol. The molecule has 0 aliphatic rings. The van der Waals surface area contributed by atoms with Gasteiger partial charge in [0.15, 0.2) is 0 Å². The van der Waals surface area contributed by atoms with Crippen molar-refractivity contribution in [1.29, 1.82) is 0 Å². The van der Waals surface area contributed by atoms with Crippen molar-refractivity contribution in [1.82, 2.24) is 0 Å². The third-order valence-electron chi connectivity index (χ3n) is 3.00. The molecule has 0 unspecified atom stereocenters. The van der Waals surface area contributed by atoms with Crippen LogP contribution in [0.25, 0.3) is 0 Å². The minimum atomic E-state index is -0.464. The molecule has 116 valence electrons. The van der Waals surface area contributed by atoms with Crippen LogP contribution in [0, 0.1) is 10.1 Å². The molecule has 0 aromatic heterocycles. The highest BCUT2D eigenvalue weighted by Gasteiger charge is 2.16. The van der Waals surface area contributed by atoms with Gasteiger partial charge in [0.05, 0.1) is 11.5 Å². The minimum Gasteiger partial charge on any atom is -0.487 e. The first-order valence-corrected chi connectivity index (χ1v) is 7.04. The first kappa shape index (κ1) is 15.6. The van der Waals surface area contributed by atoms with Crippen molar-refractivity contribution in [3.8, 4) is 17.2 Å². The lowest BCUT2D eigenvalue weighted by Crippen LogP contribution is -2.00. The number of nitro groups is 1. The summed E-state index contributed by atoms with van der Waals surface area (Å²) in [7, 11) is 0. The summed E-state index contributed by atoms with van der Waals surface area (Å²) in [4.78, 5) is 10.6. The van der Waals surface area contributed by atoms with Crippen molar-refractivity contribution in [3.63, 3.8) is 0 Å². The number of nitrogens with zero attached hydrogens (tertiary/aromatic N) is 1. The fourth-order valence-electron chi connectivity index (χ4n) is 1.82. The third-order valence-corrected chi connectivity index (χ3v) is 3.00. The summed E-state index contributed by atoms with van der Waals surface area (Å²) in [5.74, 6) is 1.29. The molecule has 0 aliphatic carbocycles. The zero-order chi connectivity index (χ0) is 15.9. The van der Waals surface area contributed by atoms with Crippen molar-refractivity contribution in [2.75, 3.05) is 12.3 Å². The van der Waals surface area contributed by atoms with Crippen molar-refractivity contribution in [3.05, 3.63) is 52.6 Å². The molecule has 0 heterocycles. The van der Waals surface area contributed by atoms with Crippen LogP contribution in [0.1, 0.15) is 19.8 Å². The highest BCUT2D eigenvalue weighted by Crippen LogP contribution is 2.33. The highest BCUT2D eigenvalue weighted by atomic mass is 16.6. The lowest BCUT2D eigenvalue weighted by atomic mass is 10.2. The van der Waals surface area contributed by atoms with E-state index in [9.17, 15) is 10.1 Å². The molecule has 2 aromatic rings. The van der Waals surface area contributed by atoms with Gasteiger partial charge in [0.2, 0.25) is 5.75 Å². The monoisotopic (exact) mass is 302 g/mol. The van der Waals surface area contributed by atoms with Crippen LogP contribution in [-0.4, -0.2) is 11.5 Å². The molecule has 6 heteroatoms. The molecule has 0 saturated carbocycles. The van der Waals surface area contributed by atoms with Gasteiger partial charge in [-0.1, -0.05) is 13.3 Å². The standard InChI is InChI=1S/C16H18N2O4/c1-2-3-10-21-16-11-14(8-9-15(16)18(19)20)22-13-6-4-12(17)5-7-13/h4-9,11H,2-3,10,17H2,1H3. The second kappa shape index (κ2) is 7.31. The molecule has 2 rings (SSSR count). The number of rotatable bonds is 7. The summed E-state index contributed by atoms with van der Waals surface area (Å²) < 4.78 is 11.2. The number of ether oxygens (including phenoxy) is 2. The smallest absolute Gasteiger partial charge is 0.311 e. The quantitative estimate of drug-likeness (QED) is 0.359. The van der Waals surface area contributed by atoms with Crippen molar-refractivity contribution in [2.24, 2.45) is 0 Å². The van der Waals surface area contributed by atoms with Crippen LogP contribution < -0.4 is 15.2 Å². The average molecular weight is 302 g/mol. The van der Waals surface area contributed by atoms with E-state index in [0.29, 0.717) is 23.8 Å². The number of nitrogens with two attached hydrogens (primary N) is 1. The van der Waals surface area contributed by atoms with Crippen molar-refractivity contribution in [2.45, 2.75) is 19.8 Å². The van der Waals surface area contributed by atoms with Crippen LogP contribution in [0.2, 0.25) is 0 Å². The maximum absolute atomic E-state index is 11.0. The van der Waals surface area contributed by atoms with Gasteiger partial charge in [0, 0.05) is 17.8 Å². The van der Waals surface area contributed by atoms with Crippen LogP contribution in [0.5, 0.6) is 17.2 Å². The van der Waals surface area contributed by atoms with E-state index in [1.807, 2.05) is 6.92 Å². The summed E-state index contributed by atoms with van der Waals surface area (Å²) in [6.45, 7) is 2.46. The predicted molar refractivity (Wildman–Crippen MR) is 84.4 cm³/mol. The number of unbranched alkanes of at least 4 members (excludes halogenated alkanes) is 1. The van der Waals surface area contributed by atoms with Gasteiger partial charge in [-0.3, -0.25) is 10.1 Å². The first-order chi connectivity index (χ1) is 10.6.